The van der Waals surface area contributed by atoms with Crippen molar-refractivity contribution < 1.29 is 23.8 Å². The summed E-state index contributed by atoms with van der Waals surface area (Å²) in [6, 6.07) is 15.9. The van der Waals surface area contributed by atoms with Gasteiger partial charge in [-0.1, -0.05) is 12.1 Å². The SMILES string of the molecule is CCOC(=O)c1ccc(N2C(=O)c3n[nH]c(-c4cccs4)c3[C@@H]2c2ccc(OC)c(OC)c2)cc1. The number of carbonyl (C=O) groups excluding carboxylic acids is 2. The van der Waals surface area contributed by atoms with E-state index in [0.717, 1.165) is 21.7 Å². The first kappa shape index (κ1) is 22.7. The Labute approximate surface area is 206 Å². The second-order valence-electron chi connectivity index (χ2n) is 7.80. The van der Waals surface area contributed by atoms with E-state index in [1.54, 1.807) is 61.6 Å². The maximum absolute atomic E-state index is 13.7. The molecule has 1 N–H and O–H groups in total. The van der Waals surface area contributed by atoms with Crippen molar-refractivity contribution in [3.63, 3.8) is 0 Å². The lowest BCUT2D eigenvalue weighted by Crippen LogP contribution is -2.29. The fourth-order valence-electron chi connectivity index (χ4n) is 4.33. The summed E-state index contributed by atoms with van der Waals surface area (Å²) < 4.78 is 16.0. The third-order valence-corrected chi connectivity index (χ3v) is 6.79. The van der Waals surface area contributed by atoms with Crippen molar-refractivity contribution in [1.29, 1.82) is 0 Å². The third kappa shape index (κ3) is 3.83. The molecule has 2 aromatic heterocycles. The number of amides is 1. The molecule has 9 heteroatoms. The van der Waals surface area contributed by atoms with Gasteiger partial charge in [0.05, 0.1) is 43.0 Å². The zero-order valence-electron chi connectivity index (χ0n) is 19.4. The molecule has 1 amide bonds. The number of nitrogens with zero attached hydrogens (tertiary/aromatic N) is 2. The van der Waals surface area contributed by atoms with Crippen molar-refractivity contribution in [2.24, 2.45) is 0 Å². The molecule has 5 rings (SSSR count). The van der Waals surface area contributed by atoms with Crippen molar-refractivity contribution in [3.05, 3.63) is 82.4 Å². The Morgan fingerprint density at radius 2 is 1.86 bits per heavy atom. The number of ether oxygens (including phenoxy) is 3. The predicted octanol–water partition coefficient (Wildman–Crippen LogP) is 5.08. The molecule has 0 bridgehead atoms. The highest BCUT2D eigenvalue weighted by atomic mass is 32.1. The number of hydrogen-bond donors (Lipinski definition) is 1. The van der Waals surface area contributed by atoms with Crippen molar-refractivity contribution >= 4 is 28.9 Å². The largest absolute Gasteiger partial charge is 0.493 e. The molecule has 0 radical (unpaired) electrons. The van der Waals surface area contributed by atoms with E-state index in [1.165, 1.54) is 0 Å². The number of nitrogens with one attached hydrogen (secondary N) is 1. The van der Waals surface area contributed by atoms with Crippen LogP contribution in [0.15, 0.2) is 60.0 Å². The van der Waals surface area contributed by atoms with Crippen molar-refractivity contribution in [3.8, 4) is 22.1 Å². The molecule has 0 fully saturated rings. The van der Waals surface area contributed by atoms with Gasteiger partial charge in [-0.05, 0) is 60.3 Å². The van der Waals surface area contributed by atoms with Crippen LogP contribution in [0.1, 0.15) is 44.9 Å². The molecule has 1 aliphatic rings. The van der Waals surface area contributed by atoms with Gasteiger partial charge in [-0.3, -0.25) is 14.8 Å². The molecule has 4 aromatic rings. The number of anilines is 1. The van der Waals surface area contributed by atoms with Gasteiger partial charge in [0.2, 0.25) is 0 Å². The summed E-state index contributed by atoms with van der Waals surface area (Å²) in [6.45, 7) is 2.05. The van der Waals surface area contributed by atoms with Gasteiger partial charge in [0.15, 0.2) is 17.2 Å². The number of H-pyrrole nitrogens is 1. The average Bonchev–Trinajstić information content (AvgIpc) is 3.62. The number of thiophene rings is 1. The second-order valence-corrected chi connectivity index (χ2v) is 8.75. The Bertz CT molecular complexity index is 1380. The molecule has 0 saturated carbocycles. The van der Waals surface area contributed by atoms with Crippen LogP contribution in [0.5, 0.6) is 11.5 Å². The summed E-state index contributed by atoms with van der Waals surface area (Å²) in [4.78, 5) is 28.5. The summed E-state index contributed by atoms with van der Waals surface area (Å²) in [5, 5.41) is 9.44. The van der Waals surface area contributed by atoms with E-state index in [-0.39, 0.29) is 5.91 Å². The van der Waals surface area contributed by atoms with E-state index < -0.39 is 12.0 Å². The summed E-state index contributed by atoms with van der Waals surface area (Å²) in [7, 11) is 3.16. The Kier molecular flexibility index (Phi) is 6.00. The van der Waals surface area contributed by atoms with Gasteiger partial charge in [0.1, 0.15) is 0 Å². The molecule has 1 aliphatic heterocycles. The zero-order valence-corrected chi connectivity index (χ0v) is 20.2. The fraction of sp³-hybridized carbons (Fsp3) is 0.192. The Morgan fingerprint density at radius 3 is 2.51 bits per heavy atom. The smallest absolute Gasteiger partial charge is 0.338 e. The number of aromatic amines is 1. The fourth-order valence-corrected chi connectivity index (χ4v) is 5.06. The number of aromatic nitrogens is 2. The van der Waals surface area contributed by atoms with E-state index in [1.807, 2.05) is 35.7 Å². The minimum absolute atomic E-state index is 0.234. The van der Waals surface area contributed by atoms with Crippen molar-refractivity contribution in [2.75, 3.05) is 25.7 Å². The van der Waals surface area contributed by atoms with Crippen LogP contribution < -0.4 is 14.4 Å². The normalized spacial score (nSPS) is 14.7. The second kappa shape index (κ2) is 9.27. The van der Waals surface area contributed by atoms with Crippen LogP contribution in [-0.2, 0) is 4.74 Å². The lowest BCUT2D eigenvalue weighted by Gasteiger charge is -2.27. The van der Waals surface area contributed by atoms with Gasteiger partial charge in [0, 0.05) is 11.3 Å². The quantitative estimate of drug-likeness (QED) is 0.364. The zero-order chi connectivity index (χ0) is 24.5. The summed E-state index contributed by atoms with van der Waals surface area (Å²) in [5.74, 6) is 0.514. The van der Waals surface area contributed by atoms with Gasteiger partial charge in [0.25, 0.3) is 5.91 Å². The summed E-state index contributed by atoms with van der Waals surface area (Å²) in [5.41, 5.74) is 3.85. The summed E-state index contributed by atoms with van der Waals surface area (Å²) >= 11 is 1.57. The molecular formula is C26H23N3O5S. The van der Waals surface area contributed by atoms with Gasteiger partial charge < -0.3 is 14.2 Å². The van der Waals surface area contributed by atoms with Crippen LogP contribution in [-0.4, -0.2) is 42.9 Å². The monoisotopic (exact) mass is 489 g/mol. The number of esters is 1. The van der Waals surface area contributed by atoms with Crippen LogP contribution in [0.3, 0.4) is 0 Å². The van der Waals surface area contributed by atoms with Gasteiger partial charge in [-0.2, -0.15) is 5.10 Å². The van der Waals surface area contributed by atoms with Crippen molar-refractivity contribution in [2.45, 2.75) is 13.0 Å². The van der Waals surface area contributed by atoms with E-state index >= 15 is 0 Å². The third-order valence-electron chi connectivity index (χ3n) is 5.90. The highest BCUT2D eigenvalue weighted by molar-refractivity contribution is 7.13. The molecule has 2 aromatic carbocycles. The number of methoxy groups -OCH3 is 2. The maximum atomic E-state index is 13.7. The lowest BCUT2D eigenvalue weighted by molar-refractivity contribution is 0.0526. The van der Waals surface area contributed by atoms with Gasteiger partial charge in [-0.15, -0.1) is 11.3 Å². The summed E-state index contributed by atoms with van der Waals surface area (Å²) in [6.07, 6.45) is 0. The first-order valence-electron chi connectivity index (χ1n) is 11.0. The van der Waals surface area contributed by atoms with Crippen LogP contribution in [0.2, 0.25) is 0 Å². The number of rotatable bonds is 7. The van der Waals surface area contributed by atoms with E-state index in [2.05, 4.69) is 10.2 Å². The average molecular weight is 490 g/mol. The molecule has 1 atom stereocenters. The minimum Gasteiger partial charge on any atom is -0.493 e. The molecule has 3 heterocycles. The van der Waals surface area contributed by atoms with E-state index in [9.17, 15) is 9.59 Å². The van der Waals surface area contributed by atoms with Crippen LogP contribution in [0.25, 0.3) is 10.6 Å². The molecule has 35 heavy (non-hydrogen) atoms. The standard InChI is InChI=1S/C26H23N3O5S/c1-4-34-26(31)15-7-10-17(11-8-15)29-24(16-9-12-18(32-2)19(14-16)33-3)21-22(20-6-5-13-35-20)27-28-23(21)25(29)30/h5-14,24H,4H2,1-3H3,(H,27,28)/t24-/m0/s1. The molecule has 0 saturated heterocycles. The minimum atomic E-state index is -0.471. The van der Waals surface area contributed by atoms with Crippen LogP contribution >= 0.6 is 11.3 Å². The van der Waals surface area contributed by atoms with Gasteiger partial charge >= 0.3 is 5.97 Å². The Balaban J connectivity index is 1.65. The first-order chi connectivity index (χ1) is 17.1. The maximum Gasteiger partial charge on any atom is 0.338 e. The number of benzene rings is 2. The number of fused-ring (bicyclic) bond motifs is 1. The van der Waals surface area contributed by atoms with E-state index in [4.69, 9.17) is 14.2 Å². The van der Waals surface area contributed by atoms with E-state index in [0.29, 0.717) is 35.1 Å². The van der Waals surface area contributed by atoms with Crippen LogP contribution in [0.4, 0.5) is 5.69 Å². The molecule has 0 spiro atoms. The Hall–Kier alpha value is -4.11. The number of hydrogen-bond acceptors (Lipinski definition) is 7. The van der Waals surface area contributed by atoms with Crippen LogP contribution in [0, 0.1) is 0 Å². The van der Waals surface area contributed by atoms with Crippen molar-refractivity contribution in [1.82, 2.24) is 10.2 Å². The molecule has 8 nitrogen and oxygen atoms in total. The highest BCUT2D eigenvalue weighted by Gasteiger charge is 2.43. The topological polar surface area (TPSA) is 93.8 Å². The highest BCUT2D eigenvalue weighted by Crippen LogP contribution is 2.47. The van der Waals surface area contributed by atoms with Gasteiger partial charge in [-0.25, -0.2) is 4.79 Å². The molecule has 0 aliphatic carbocycles. The molecule has 0 unspecified atom stereocenters. The Morgan fingerprint density at radius 1 is 1.09 bits per heavy atom. The first-order valence-corrected chi connectivity index (χ1v) is 11.9. The molecular weight excluding hydrogens is 466 g/mol. The number of carbonyl (C=O) groups is 2. The predicted molar refractivity (Wildman–Crippen MR) is 132 cm³/mol. The lowest BCUT2D eigenvalue weighted by atomic mass is 9.97. The molecule has 178 valence electrons.